The highest BCUT2D eigenvalue weighted by Gasteiger charge is 2.34. The Kier molecular flexibility index (Phi) is 6.01. The van der Waals surface area contributed by atoms with Gasteiger partial charge in [-0.15, -0.1) is 0 Å². The summed E-state index contributed by atoms with van der Waals surface area (Å²) in [5, 5.41) is 14.8. The van der Waals surface area contributed by atoms with E-state index >= 15 is 0 Å². The van der Waals surface area contributed by atoms with Gasteiger partial charge < -0.3 is 15.7 Å². The lowest BCUT2D eigenvalue weighted by Crippen LogP contribution is -2.30. The summed E-state index contributed by atoms with van der Waals surface area (Å²) in [6.07, 6.45) is -4.67. The second kappa shape index (κ2) is 7.86. The van der Waals surface area contributed by atoms with Gasteiger partial charge in [-0.3, -0.25) is 0 Å². The van der Waals surface area contributed by atoms with Crippen molar-refractivity contribution in [2.24, 2.45) is 5.92 Å². The molecule has 0 bridgehead atoms. The third-order valence-corrected chi connectivity index (χ3v) is 3.76. The standard InChI is InChI=1S/C17H20F4N4O/c1-9(2)13(8-26)23-16-24-14(17(19,20)21)7-15(25-16)22-11-4-5-12(18)10(3)6-11/h4-7,9,13,26H,8H2,1-3H3,(H2,22,23,24,25)/t13-/m0/s1. The summed E-state index contributed by atoms with van der Waals surface area (Å²) in [5.74, 6) is -0.816. The predicted molar refractivity (Wildman–Crippen MR) is 90.8 cm³/mol. The largest absolute Gasteiger partial charge is 0.433 e. The van der Waals surface area contributed by atoms with Crippen molar-refractivity contribution in [3.8, 4) is 0 Å². The van der Waals surface area contributed by atoms with E-state index in [1.807, 2.05) is 13.8 Å². The highest BCUT2D eigenvalue weighted by Crippen LogP contribution is 2.31. The third kappa shape index (κ3) is 5.04. The van der Waals surface area contributed by atoms with E-state index in [9.17, 15) is 22.7 Å². The van der Waals surface area contributed by atoms with Crippen LogP contribution in [-0.2, 0) is 6.18 Å². The molecular formula is C17H20F4N4O. The molecule has 0 saturated heterocycles. The number of aromatic nitrogens is 2. The van der Waals surface area contributed by atoms with Gasteiger partial charge in [-0.05, 0) is 36.6 Å². The van der Waals surface area contributed by atoms with Crippen LogP contribution in [0.25, 0.3) is 0 Å². The van der Waals surface area contributed by atoms with Gasteiger partial charge >= 0.3 is 6.18 Å². The lowest BCUT2D eigenvalue weighted by molar-refractivity contribution is -0.141. The number of rotatable bonds is 6. The zero-order valence-electron chi connectivity index (χ0n) is 14.5. The normalized spacial score (nSPS) is 13.0. The van der Waals surface area contributed by atoms with Gasteiger partial charge in [-0.25, -0.2) is 9.37 Å². The van der Waals surface area contributed by atoms with Crippen LogP contribution in [0.1, 0.15) is 25.1 Å². The molecule has 2 aromatic rings. The van der Waals surface area contributed by atoms with E-state index in [1.165, 1.54) is 18.2 Å². The van der Waals surface area contributed by atoms with Crippen LogP contribution in [0.4, 0.5) is 35.0 Å². The molecule has 1 aromatic heterocycles. The van der Waals surface area contributed by atoms with Gasteiger partial charge in [0.2, 0.25) is 5.95 Å². The van der Waals surface area contributed by atoms with Gasteiger partial charge in [0.15, 0.2) is 5.69 Å². The van der Waals surface area contributed by atoms with E-state index < -0.39 is 23.7 Å². The molecule has 0 saturated carbocycles. The summed E-state index contributed by atoms with van der Waals surface area (Å²) in [5.41, 5.74) is -0.389. The Morgan fingerprint density at radius 1 is 1.15 bits per heavy atom. The topological polar surface area (TPSA) is 70.1 Å². The molecule has 0 unspecified atom stereocenters. The van der Waals surface area contributed by atoms with E-state index in [4.69, 9.17) is 0 Å². The zero-order chi connectivity index (χ0) is 19.5. The quantitative estimate of drug-likeness (QED) is 0.666. The molecule has 1 aromatic carbocycles. The Hall–Kier alpha value is -2.42. The Balaban J connectivity index is 2.38. The SMILES string of the molecule is Cc1cc(Nc2cc(C(F)(F)F)nc(N[C@@H](CO)C(C)C)n2)ccc1F. The highest BCUT2D eigenvalue weighted by molar-refractivity contribution is 5.58. The maximum atomic E-state index is 13.3. The molecule has 1 heterocycles. The zero-order valence-corrected chi connectivity index (χ0v) is 14.5. The molecule has 9 heteroatoms. The summed E-state index contributed by atoms with van der Waals surface area (Å²) in [6.45, 7) is 4.88. The maximum Gasteiger partial charge on any atom is 0.433 e. The molecule has 2 rings (SSSR count). The van der Waals surface area contributed by atoms with Crippen LogP contribution >= 0.6 is 0 Å². The van der Waals surface area contributed by atoms with Gasteiger partial charge in [-0.2, -0.15) is 18.2 Å². The van der Waals surface area contributed by atoms with Crippen molar-refractivity contribution >= 4 is 17.5 Å². The van der Waals surface area contributed by atoms with Gasteiger partial charge in [0.05, 0.1) is 12.6 Å². The predicted octanol–water partition coefficient (Wildman–Crippen LogP) is 4.12. The Labute approximate surface area is 148 Å². The van der Waals surface area contributed by atoms with Crippen molar-refractivity contribution in [3.05, 3.63) is 41.3 Å². The number of nitrogens with one attached hydrogen (secondary N) is 2. The number of aliphatic hydroxyl groups is 1. The average molecular weight is 372 g/mol. The fourth-order valence-electron chi connectivity index (χ4n) is 2.18. The van der Waals surface area contributed by atoms with Crippen molar-refractivity contribution in [1.29, 1.82) is 0 Å². The minimum atomic E-state index is -4.67. The molecule has 26 heavy (non-hydrogen) atoms. The molecule has 0 aliphatic heterocycles. The summed E-state index contributed by atoms with van der Waals surface area (Å²) >= 11 is 0. The molecule has 1 atom stereocenters. The van der Waals surface area contributed by atoms with Crippen LogP contribution in [0.3, 0.4) is 0 Å². The lowest BCUT2D eigenvalue weighted by atomic mass is 10.1. The van der Waals surface area contributed by atoms with Crippen molar-refractivity contribution in [2.45, 2.75) is 33.0 Å². The fourth-order valence-corrected chi connectivity index (χ4v) is 2.18. The van der Waals surface area contributed by atoms with Crippen LogP contribution in [0.2, 0.25) is 0 Å². The summed E-state index contributed by atoms with van der Waals surface area (Å²) < 4.78 is 52.8. The van der Waals surface area contributed by atoms with E-state index in [2.05, 4.69) is 20.6 Å². The molecule has 0 fully saturated rings. The number of halogens is 4. The van der Waals surface area contributed by atoms with Gasteiger partial charge in [0.25, 0.3) is 0 Å². The number of alkyl halides is 3. The van der Waals surface area contributed by atoms with Crippen LogP contribution in [0.5, 0.6) is 0 Å². The maximum absolute atomic E-state index is 13.3. The number of hydrogen-bond donors (Lipinski definition) is 3. The molecule has 3 N–H and O–H groups in total. The van der Waals surface area contributed by atoms with Crippen LogP contribution in [0.15, 0.2) is 24.3 Å². The molecule has 0 aliphatic rings. The van der Waals surface area contributed by atoms with Crippen LogP contribution in [0, 0.1) is 18.7 Å². The summed E-state index contributed by atoms with van der Waals surface area (Å²) in [4.78, 5) is 7.52. The number of hydrogen-bond acceptors (Lipinski definition) is 5. The van der Waals surface area contributed by atoms with Crippen LogP contribution in [-0.4, -0.2) is 27.7 Å². The molecule has 5 nitrogen and oxygen atoms in total. The molecule has 0 radical (unpaired) electrons. The number of nitrogens with zero attached hydrogens (tertiary/aromatic N) is 2. The van der Waals surface area contributed by atoms with Gasteiger partial charge in [-0.1, -0.05) is 13.8 Å². The van der Waals surface area contributed by atoms with E-state index in [0.717, 1.165) is 6.07 Å². The number of aliphatic hydroxyl groups excluding tert-OH is 1. The molecule has 142 valence electrons. The van der Waals surface area contributed by atoms with Crippen molar-refractivity contribution in [3.63, 3.8) is 0 Å². The monoisotopic (exact) mass is 372 g/mol. The first-order valence-electron chi connectivity index (χ1n) is 7.97. The van der Waals surface area contributed by atoms with E-state index in [0.29, 0.717) is 11.3 Å². The third-order valence-electron chi connectivity index (χ3n) is 3.76. The van der Waals surface area contributed by atoms with E-state index in [-0.39, 0.29) is 24.3 Å². The lowest BCUT2D eigenvalue weighted by Gasteiger charge is -2.21. The molecular weight excluding hydrogens is 352 g/mol. The van der Waals surface area contributed by atoms with Crippen molar-refractivity contribution in [1.82, 2.24) is 9.97 Å². The Bertz CT molecular complexity index is 765. The van der Waals surface area contributed by atoms with Crippen molar-refractivity contribution < 1.29 is 22.7 Å². The second-order valence-corrected chi connectivity index (χ2v) is 6.23. The smallest absolute Gasteiger partial charge is 0.394 e. The highest BCUT2D eigenvalue weighted by atomic mass is 19.4. The summed E-state index contributed by atoms with van der Waals surface area (Å²) in [7, 11) is 0. The Morgan fingerprint density at radius 2 is 1.85 bits per heavy atom. The molecule has 0 aliphatic carbocycles. The van der Waals surface area contributed by atoms with Gasteiger partial charge in [0, 0.05) is 11.8 Å². The first-order valence-corrected chi connectivity index (χ1v) is 7.97. The van der Waals surface area contributed by atoms with E-state index in [1.54, 1.807) is 6.92 Å². The number of aryl methyl sites for hydroxylation is 1. The minimum absolute atomic E-state index is 0.0469. The minimum Gasteiger partial charge on any atom is -0.394 e. The average Bonchev–Trinajstić information content (AvgIpc) is 2.55. The van der Waals surface area contributed by atoms with Gasteiger partial charge in [0.1, 0.15) is 11.6 Å². The first-order chi connectivity index (χ1) is 12.1. The summed E-state index contributed by atoms with van der Waals surface area (Å²) in [6, 6.07) is 4.34. The van der Waals surface area contributed by atoms with Crippen molar-refractivity contribution in [2.75, 3.05) is 17.2 Å². The number of anilines is 3. The Morgan fingerprint density at radius 3 is 2.38 bits per heavy atom. The fraction of sp³-hybridized carbons (Fsp3) is 0.412. The molecule has 0 spiro atoms. The second-order valence-electron chi connectivity index (χ2n) is 6.23. The molecule has 0 amide bonds. The first kappa shape index (κ1) is 19.9. The number of benzene rings is 1. The van der Waals surface area contributed by atoms with Crippen LogP contribution < -0.4 is 10.6 Å².